The molecule has 3 heterocycles. The van der Waals surface area contributed by atoms with E-state index in [1.807, 2.05) is 48.2 Å². The fourth-order valence-corrected chi connectivity index (χ4v) is 4.16. The van der Waals surface area contributed by atoms with Crippen molar-refractivity contribution in [1.82, 2.24) is 14.8 Å². The molecule has 4 aromatic rings. The van der Waals surface area contributed by atoms with Gasteiger partial charge >= 0.3 is 0 Å². The summed E-state index contributed by atoms with van der Waals surface area (Å²) >= 11 is 0. The van der Waals surface area contributed by atoms with Crippen molar-refractivity contribution < 1.29 is 9.72 Å². The summed E-state index contributed by atoms with van der Waals surface area (Å²) in [6, 6.07) is 17.9. The van der Waals surface area contributed by atoms with E-state index >= 15 is 0 Å². The van der Waals surface area contributed by atoms with Gasteiger partial charge in [0.15, 0.2) is 5.82 Å². The van der Waals surface area contributed by atoms with Gasteiger partial charge in [0.25, 0.3) is 11.6 Å². The molecule has 0 radical (unpaired) electrons. The number of hydrogen-bond donors (Lipinski definition) is 1. The molecule has 5 rings (SSSR count). The van der Waals surface area contributed by atoms with Crippen LogP contribution >= 0.6 is 0 Å². The van der Waals surface area contributed by atoms with E-state index in [0.29, 0.717) is 23.0 Å². The first-order valence-electron chi connectivity index (χ1n) is 10.8. The average molecular weight is 442 g/mol. The number of aryl methyl sites for hydroxylation is 1. The molecule has 1 fully saturated rings. The lowest BCUT2D eigenvalue weighted by atomic mass is 10.1. The Kier molecular flexibility index (Phi) is 5.21. The van der Waals surface area contributed by atoms with Crippen molar-refractivity contribution in [2.75, 3.05) is 23.3 Å². The minimum absolute atomic E-state index is 0.0644. The van der Waals surface area contributed by atoms with Gasteiger partial charge in [0.05, 0.1) is 16.1 Å². The highest BCUT2D eigenvalue weighted by Crippen LogP contribution is 2.32. The minimum atomic E-state index is -0.451. The highest BCUT2D eigenvalue weighted by atomic mass is 16.6. The molecule has 2 aromatic carbocycles. The van der Waals surface area contributed by atoms with Crippen molar-refractivity contribution in [2.24, 2.45) is 0 Å². The Bertz CT molecular complexity index is 1370. The summed E-state index contributed by atoms with van der Waals surface area (Å²) in [5, 5.41) is 20.0. The summed E-state index contributed by atoms with van der Waals surface area (Å²) in [7, 11) is 0. The molecule has 0 saturated carbocycles. The van der Waals surface area contributed by atoms with E-state index in [4.69, 9.17) is 0 Å². The van der Waals surface area contributed by atoms with Gasteiger partial charge < -0.3 is 10.2 Å². The molecule has 2 aromatic heterocycles. The molecule has 1 saturated heterocycles. The second-order valence-electron chi connectivity index (χ2n) is 8.05. The van der Waals surface area contributed by atoms with Crippen molar-refractivity contribution in [3.8, 4) is 5.82 Å². The minimum Gasteiger partial charge on any atom is -0.366 e. The molecule has 0 aliphatic carbocycles. The molecule has 166 valence electrons. The van der Waals surface area contributed by atoms with Gasteiger partial charge in [-0.05, 0) is 50.1 Å². The third-order valence-electron chi connectivity index (χ3n) is 5.75. The molecule has 0 atom stereocenters. The zero-order chi connectivity index (χ0) is 22.9. The van der Waals surface area contributed by atoms with Crippen LogP contribution in [0.2, 0.25) is 0 Å². The lowest BCUT2D eigenvalue weighted by Crippen LogP contribution is -2.20. The van der Waals surface area contributed by atoms with Gasteiger partial charge in [-0.15, -0.1) is 0 Å². The van der Waals surface area contributed by atoms with Crippen molar-refractivity contribution in [2.45, 2.75) is 19.8 Å². The van der Waals surface area contributed by atoms with Crippen LogP contribution < -0.4 is 10.2 Å². The number of anilines is 2. The number of aromatic nitrogens is 3. The Morgan fingerprint density at radius 1 is 1.06 bits per heavy atom. The normalized spacial score (nSPS) is 13.4. The number of amides is 1. The van der Waals surface area contributed by atoms with Crippen LogP contribution in [0.3, 0.4) is 0 Å². The molecule has 1 aliphatic heterocycles. The summed E-state index contributed by atoms with van der Waals surface area (Å²) < 4.78 is 1.56. The number of para-hydroxylation sites is 1. The maximum atomic E-state index is 13.0. The number of nitrogens with zero attached hydrogens (tertiary/aromatic N) is 5. The first-order chi connectivity index (χ1) is 16.0. The summed E-state index contributed by atoms with van der Waals surface area (Å²) in [5.41, 5.74) is 2.21. The topological polar surface area (TPSA) is 106 Å². The van der Waals surface area contributed by atoms with Crippen molar-refractivity contribution in [3.05, 3.63) is 82.0 Å². The molecule has 33 heavy (non-hydrogen) atoms. The number of nitrogens with one attached hydrogen (secondary N) is 1. The van der Waals surface area contributed by atoms with Crippen molar-refractivity contribution >= 4 is 34.0 Å². The van der Waals surface area contributed by atoms with Gasteiger partial charge in [-0.25, -0.2) is 4.98 Å². The maximum absolute atomic E-state index is 13.0. The molecule has 1 amide bonds. The Morgan fingerprint density at radius 3 is 2.64 bits per heavy atom. The van der Waals surface area contributed by atoms with E-state index in [0.717, 1.165) is 36.8 Å². The van der Waals surface area contributed by atoms with Gasteiger partial charge in [-0.1, -0.05) is 18.2 Å². The van der Waals surface area contributed by atoms with Crippen LogP contribution in [-0.2, 0) is 0 Å². The summed E-state index contributed by atoms with van der Waals surface area (Å²) in [4.78, 5) is 30.9. The van der Waals surface area contributed by atoms with Gasteiger partial charge in [0.1, 0.15) is 11.5 Å². The molecule has 9 nitrogen and oxygen atoms in total. The summed E-state index contributed by atoms with van der Waals surface area (Å²) in [5.74, 6) is 0.548. The fourth-order valence-electron chi connectivity index (χ4n) is 4.16. The van der Waals surface area contributed by atoms with Gasteiger partial charge in [0, 0.05) is 36.2 Å². The maximum Gasteiger partial charge on any atom is 0.293 e. The van der Waals surface area contributed by atoms with Crippen LogP contribution in [0.5, 0.6) is 0 Å². The third kappa shape index (κ3) is 4.00. The van der Waals surface area contributed by atoms with E-state index in [1.54, 1.807) is 22.9 Å². The number of carbonyl (C=O) groups excluding carboxylic acids is 1. The van der Waals surface area contributed by atoms with E-state index < -0.39 is 10.8 Å². The second kappa shape index (κ2) is 8.34. The Hall–Kier alpha value is -4.27. The smallest absolute Gasteiger partial charge is 0.293 e. The first kappa shape index (κ1) is 20.6. The Balaban J connectivity index is 1.45. The lowest BCUT2D eigenvalue weighted by Gasteiger charge is -2.17. The number of pyridine rings is 1. The van der Waals surface area contributed by atoms with Crippen LogP contribution in [0.4, 0.5) is 17.2 Å². The monoisotopic (exact) mass is 442 g/mol. The highest BCUT2D eigenvalue weighted by Gasteiger charge is 2.24. The average Bonchev–Trinajstić information content (AvgIpc) is 3.48. The molecule has 9 heteroatoms. The predicted molar refractivity (Wildman–Crippen MR) is 126 cm³/mol. The standard InChI is InChI=1S/C24H22N6O3/c1-16-14-23(29(27-16)22-11-9-17-6-2-3-7-19(17)25-22)26-24(31)18-8-10-20(21(15-18)30(32)33)28-12-4-5-13-28/h2-3,6-11,14-15H,4-5,12-13H2,1H3,(H,26,31). The number of fused-ring (bicyclic) bond motifs is 1. The highest BCUT2D eigenvalue weighted by molar-refractivity contribution is 6.05. The largest absolute Gasteiger partial charge is 0.366 e. The number of benzene rings is 2. The van der Waals surface area contributed by atoms with Crippen LogP contribution in [-0.4, -0.2) is 38.7 Å². The molecule has 0 bridgehead atoms. The molecular weight excluding hydrogens is 420 g/mol. The Labute approximate surface area is 189 Å². The van der Waals surface area contributed by atoms with Crippen molar-refractivity contribution in [1.29, 1.82) is 0 Å². The third-order valence-corrected chi connectivity index (χ3v) is 5.75. The van der Waals surface area contributed by atoms with Crippen LogP contribution in [0.25, 0.3) is 16.7 Å². The van der Waals surface area contributed by atoms with E-state index in [9.17, 15) is 14.9 Å². The van der Waals surface area contributed by atoms with E-state index in [2.05, 4.69) is 15.4 Å². The Morgan fingerprint density at radius 2 is 1.85 bits per heavy atom. The number of hydrogen-bond acceptors (Lipinski definition) is 6. The quantitative estimate of drug-likeness (QED) is 0.361. The second-order valence-corrected chi connectivity index (χ2v) is 8.05. The number of rotatable bonds is 5. The summed E-state index contributed by atoms with van der Waals surface area (Å²) in [6.07, 6.45) is 2.01. The number of nitro benzene ring substituents is 1. The molecule has 0 unspecified atom stereocenters. The lowest BCUT2D eigenvalue weighted by molar-refractivity contribution is -0.384. The summed E-state index contributed by atoms with van der Waals surface area (Å²) in [6.45, 7) is 3.39. The first-order valence-corrected chi connectivity index (χ1v) is 10.8. The molecule has 0 spiro atoms. The van der Waals surface area contributed by atoms with Gasteiger partial charge in [-0.2, -0.15) is 9.78 Å². The zero-order valence-electron chi connectivity index (χ0n) is 18.1. The van der Waals surface area contributed by atoms with E-state index in [-0.39, 0.29) is 11.3 Å². The van der Waals surface area contributed by atoms with Crippen LogP contribution in [0.15, 0.2) is 60.7 Å². The predicted octanol–water partition coefficient (Wildman–Crippen LogP) is 4.49. The van der Waals surface area contributed by atoms with Crippen LogP contribution in [0.1, 0.15) is 28.9 Å². The molecule has 1 aliphatic rings. The van der Waals surface area contributed by atoms with E-state index in [1.165, 1.54) is 6.07 Å². The SMILES string of the molecule is Cc1cc(NC(=O)c2ccc(N3CCCC3)c([N+](=O)[O-])c2)n(-c2ccc3ccccc3n2)n1. The molecule has 1 N–H and O–H groups in total. The van der Waals surface area contributed by atoms with Crippen LogP contribution in [0, 0.1) is 17.0 Å². The molecular formula is C24H22N6O3. The van der Waals surface area contributed by atoms with Gasteiger partial charge in [-0.3, -0.25) is 14.9 Å². The number of nitro groups is 1. The zero-order valence-corrected chi connectivity index (χ0v) is 18.1. The number of carbonyl (C=O) groups is 1. The fraction of sp³-hybridized carbons (Fsp3) is 0.208. The van der Waals surface area contributed by atoms with Crippen molar-refractivity contribution in [3.63, 3.8) is 0 Å². The van der Waals surface area contributed by atoms with Gasteiger partial charge in [0.2, 0.25) is 0 Å².